The van der Waals surface area contributed by atoms with E-state index in [4.69, 9.17) is 4.42 Å². The molecule has 0 amide bonds. The van der Waals surface area contributed by atoms with Crippen LogP contribution in [0.3, 0.4) is 0 Å². The minimum absolute atomic E-state index is 0.908. The van der Waals surface area contributed by atoms with Gasteiger partial charge in [0.05, 0.1) is 15.7 Å². The second-order valence-electron chi connectivity index (χ2n) is 9.05. The first-order valence-corrected chi connectivity index (χ1v) is 12.7. The zero-order valence-electron chi connectivity index (χ0n) is 19.1. The normalized spacial score (nSPS) is 11.9. The number of aromatic nitrogens is 2. The molecule has 3 nitrogen and oxygen atoms in total. The smallest absolute Gasteiger partial charge is 0.154 e. The van der Waals surface area contributed by atoms with Gasteiger partial charge in [0.1, 0.15) is 5.58 Å². The van der Waals surface area contributed by atoms with Crippen LogP contribution in [0, 0.1) is 0 Å². The molecule has 0 aliphatic carbocycles. The van der Waals surface area contributed by atoms with Gasteiger partial charge in [0.25, 0.3) is 0 Å². The van der Waals surface area contributed by atoms with Crippen LogP contribution in [0.25, 0.3) is 75.4 Å². The van der Waals surface area contributed by atoms with Gasteiger partial charge in [-0.15, -0.1) is 11.3 Å². The lowest BCUT2D eigenvalue weighted by Crippen LogP contribution is -1.84. The molecular formula is C32H18N2OS. The molecule has 36 heavy (non-hydrogen) atoms. The fourth-order valence-electron chi connectivity index (χ4n) is 5.27. The van der Waals surface area contributed by atoms with E-state index in [1.807, 2.05) is 24.5 Å². The van der Waals surface area contributed by atoms with Crippen molar-refractivity contribution in [3.63, 3.8) is 0 Å². The summed E-state index contributed by atoms with van der Waals surface area (Å²) in [4.78, 5) is 9.27. The Balaban J connectivity index is 1.29. The average Bonchev–Trinajstić information content (AvgIpc) is 3.47. The highest BCUT2D eigenvalue weighted by Gasteiger charge is 2.16. The third-order valence-electron chi connectivity index (χ3n) is 6.97. The second kappa shape index (κ2) is 7.48. The maximum Gasteiger partial charge on any atom is 0.154 e. The first kappa shape index (κ1) is 19.7. The number of fused-ring (bicyclic) bond motifs is 7. The molecule has 0 aliphatic heterocycles. The number of furan rings is 1. The maximum absolute atomic E-state index is 6.47. The van der Waals surface area contributed by atoms with Gasteiger partial charge in [-0.05, 0) is 47.5 Å². The summed E-state index contributed by atoms with van der Waals surface area (Å²) in [7, 11) is 0. The molecule has 168 valence electrons. The van der Waals surface area contributed by atoms with Crippen molar-refractivity contribution in [2.24, 2.45) is 0 Å². The first-order chi connectivity index (χ1) is 17.8. The van der Waals surface area contributed by atoms with Crippen LogP contribution in [0.5, 0.6) is 0 Å². The van der Waals surface area contributed by atoms with E-state index in [2.05, 4.69) is 94.9 Å². The molecule has 0 aliphatic rings. The van der Waals surface area contributed by atoms with Crippen LogP contribution in [0.2, 0.25) is 0 Å². The zero-order valence-corrected chi connectivity index (χ0v) is 19.9. The molecule has 0 N–H and O–H groups in total. The molecule has 0 fully saturated rings. The number of benzene rings is 4. The van der Waals surface area contributed by atoms with Crippen LogP contribution in [-0.4, -0.2) is 9.97 Å². The topological polar surface area (TPSA) is 38.9 Å². The Kier molecular flexibility index (Phi) is 4.10. The Morgan fingerprint density at radius 1 is 0.583 bits per heavy atom. The van der Waals surface area contributed by atoms with Crippen LogP contribution < -0.4 is 0 Å². The summed E-state index contributed by atoms with van der Waals surface area (Å²) < 4.78 is 8.88. The molecule has 0 saturated heterocycles. The molecule has 0 bridgehead atoms. The highest BCUT2D eigenvalue weighted by molar-refractivity contribution is 7.26. The summed E-state index contributed by atoms with van der Waals surface area (Å²) in [5, 5.41) is 4.59. The third kappa shape index (κ3) is 2.85. The Bertz CT molecular complexity index is 1960. The Morgan fingerprint density at radius 2 is 1.19 bits per heavy atom. The van der Waals surface area contributed by atoms with E-state index in [9.17, 15) is 0 Å². The van der Waals surface area contributed by atoms with Crippen LogP contribution in [0.4, 0.5) is 0 Å². The van der Waals surface area contributed by atoms with E-state index < -0.39 is 0 Å². The standard InChI is InChI=1S/C32H18N2OS/c1-5-19-7-3-15-33-29(19)23(9-1)21-11-13-25-27(17-21)35-31-26-14-12-22(18-28(26)36-32(25)31)24-10-2-6-20-8-4-16-34-30(20)24/h1-18H. The Hall–Kier alpha value is -4.54. The summed E-state index contributed by atoms with van der Waals surface area (Å²) in [5.41, 5.74) is 8.46. The quantitative estimate of drug-likeness (QED) is 0.248. The number of thiophene rings is 1. The molecule has 8 aromatic rings. The van der Waals surface area contributed by atoms with E-state index in [0.29, 0.717) is 0 Å². The van der Waals surface area contributed by atoms with Crippen LogP contribution in [-0.2, 0) is 0 Å². The molecule has 8 rings (SSSR count). The fourth-order valence-corrected chi connectivity index (χ4v) is 6.46. The number of nitrogens with zero attached hydrogens (tertiary/aromatic N) is 2. The number of hydrogen-bond acceptors (Lipinski definition) is 4. The van der Waals surface area contributed by atoms with Gasteiger partial charge in [-0.2, -0.15) is 0 Å². The highest BCUT2D eigenvalue weighted by Crippen LogP contribution is 2.43. The van der Waals surface area contributed by atoms with Crippen LogP contribution >= 0.6 is 11.3 Å². The lowest BCUT2D eigenvalue weighted by molar-refractivity contribution is 0.673. The monoisotopic (exact) mass is 478 g/mol. The van der Waals surface area contributed by atoms with E-state index >= 15 is 0 Å². The molecule has 4 aromatic carbocycles. The van der Waals surface area contributed by atoms with Gasteiger partial charge in [0.2, 0.25) is 0 Å². The van der Waals surface area contributed by atoms with Crippen molar-refractivity contribution in [3.05, 3.63) is 109 Å². The number of para-hydroxylation sites is 2. The lowest BCUT2D eigenvalue weighted by atomic mass is 10.0. The minimum Gasteiger partial charge on any atom is -0.454 e. The first-order valence-electron chi connectivity index (χ1n) is 11.9. The molecule has 0 spiro atoms. The maximum atomic E-state index is 6.47. The van der Waals surface area contributed by atoms with E-state index in [1.165, 1.54) is 15.0 Å². The van der Waals surface area contributed by atoms with Crippen molar-refractivity contribution in [1.82, 2.24) is 9.97 Å². The number of hydrogen-bond donors (Lipinski definition) is 0. The second-order valence-corrected chi connectivity index (χ2v) is 10.1. The van der Waals surface area contributed by atoms with Gasteiger partial charge in [-0.25, -0.2) is 0 Å². The molecule has 0 radical (unpaired) electrons. The van der Waals surface area contributed by atoms with Crippen molar-refractivity contribution in [2.75, 3.05) is 0 Å². The summed E-state index contributed by atoms with van der Waals surface area (Å²) in [6, 6.07) is 34.0. The van der Waals surface area contributed by atoms with Crippen molar-refractivity contribution < 1.29 is 4.42 Å². The SMILES string of the molecule is c1cnc2c(-c3ccc4c(c3)oc3c5ccc(-c6cccc7cccnc67)cc5sc43)cccc2c1. The van der Waals surface area contributed by atoms with Gasteiger partial charge in [-0.1, -0.05) is 60.7 Å². The summed E-state index contributed by atoms with van der Waals surface area (Å²) in [6.45, 7) is 0. The fraction of sp³-hybridized carbons (Fsp3) is 0. The molecule has 4 heterocycles. The van der Waals surface area contributed by atoms with Gasteiger partial charge in [0, 0.05) is 49.8 Å². The summed E-state index contributed by atoms with van der Waals surface area (Å²) in [6.07, 6.45) is 3.71. The van der Waals surface area contributed by atoms with E-state index in [0.717, 1.165) is 60.4 Å². The number of rotatable bonds is 2. The molecule has 0 saturated carbocycles. The largest absolute Gasteiger partial charge is 0.454 e. The lowest BCUT2D eigenvalue weighted by Gasteiger charge is -2.06. The third-order valence-corrected chi connectivity index (χ3v) is 8.14. The minimum atomic E-state index is 0.908. The Morgan fingerprint density at radius 3 is 1.89 bits per heavy atom. The Labute approximate surface area is 210 Å². The van der Waals surface area contributed by atoms with Crippen molar-refractivity contribution in [1.29, 1.82) is 0 Å². The molecule has 0 atom stereocenters. The number of pyridine rings is 2. The molecular weight excluding hydrogens is 460 g/mol. The average molecular weight is 479 g/mol. The van der Waals surface area contributed by atoms with Crippen LogP contribution in [0.15, 0.2) is 114 Å². The van der Waals surface area contributed by atoms with Gasteiger partial charge in [0.15, 0.2) is 5.58 Å². The van der Waals surface area contributed by atoms with Crippen LogP contribution in [0.1, 0.15) is 0 Å². The molecule has 4 aromatic heterocycles. The molecule has 0 unspecified atom stereocenters. The summed E-state index contributed by atoms with van der Waals surface area (Å²) in [5.74, 6) is 0. The zero-order chi connectivity index (χ0) is 23.6. The van der Waals surface area contributed by atoms with E-state index in [1.54, 1.807) is 11.3 Å². The van der Waals surface area contributed by atoms with Crippen molar-refractivity contribution in [2.45, 2.75) is 0 Å². The molecule has 4 heteroatoms. The van der Waals surface area contributed by atoms with Crippen molar-refractivity contribution in [3.8, 4) is 22.3 Å². The summed E-state index contributed by atoms with van der Waals surface area (Å²) >= 11 is 1.79. The van der Waals surface area contributed by atoms with E-state index in [-0.39, 0.29) is 0 Å². The predicted molar refractivity (Wildman–Crippen MR) is 151 cm³/mol. The highest BCUT2D eigenvalue weighted by atomic mass is 32.1. The predicted octanol–water partition coefficient (Wildman–Crippen LogP) is 9.23. The van der Waals surface area contributed by atoms with Crippen molar-refractivity contribution >= 4 is 64.5 Å². The van der Waals surface area contributed by atoms with Gasteiger partial charge >= 0.3 is 0 Å². The van der Waals surface area contributed by atoms with Gasteiger partial charge < -0.3 is 4.42 Å². The van der Waals surface area contributed by atoms with Gasteiger partial charge in [-0.3, -0.25) is 9.97 Å².